The molecule has 1 aliphatic heterocycles. The van der Waals surface area contributed by atoms with Crippen LogP contribution in [0.25, 0.3) is 0 Å². The van der Waals surface area contributed by atoms with Crippen LogP contribution in [0.2, 0.25) is 0 Å². The van der Waals surface area contributed by atoms with Crippen LogP contribution in [0, 0.1) is 0 Å². The van der Waals surface area contributed by atoms with E-state index < -0.39 is 17.9 Å². The van der Waals surface area contributed by atoms with Gasteiger partial charge in [0.1, 0.15) is 0 Å². The molecule has 0 unspecified atom stereocenters. The van der Waals surface area contributed by atoms with Crippen molar-refractivity contribution in [2.45, 2.75) is 63.8 Å². The molecule has 0 spiro atoms. The van der Waals surface area contributed by atoms with Gasteiger partial charge in [-0.3, -0.25) is 19.3 Å². The number of hydrogen-bond donors (Lipinski definition) is 2. The van der Waals surface area contributed by atoms with Crippen molar-refractivity contribution < 1.29 is 29.0 Å². The van der Waals surface area contributed by atoms with Crippen molar-refractivity contribution >= 4 is 29.0 Å². The monoisotopic (exact) mass is 582 g/mol. The van der Waals surface area contributed by atoms with Crippen LogP contribution < -0.4 is 19.7 Å². The van der Waals surface area contributed by atoms with Gasteiger partial charge in [-0.05, 0) is 58.7 Å². The van der Waals surface area contributed by atoms with Crippen LogP contribution in [0.1, 0.15) is 75.1 Å². The number of ketones is 1. The summed E-state index contributed by atoms with van der Waals surface area (Å²) in [7, 11) is 3.08. The molecule has 0 radical (unpaired) electrons. The number of benzene rings is 3. The van der Waals surface area contributed by atoms with Gasteiger partial charge in [-0.1, -0.05) is 63.2 Å². The van der Waals surface area contributed by atoms with Crippen molar-refractivity contribution in [3.63, 3.8) is 0 Å². The third-order valence-corrected chi connectivity index (χ3v) is 8.28. The lowest BCUT2D eigenvalue weighted by atomic mass is 9.77. The smallest absolute Gasteiger partial charge is 0.303 e. The molecule has 1 heterocycles. The molecule has 0 fully saturated rings. The van der Waals surface area contributed by atoms with Crippen molar-refractivity contribution in [1.82, 2.24) is 0 Å². The van der Waals surface area contributed by atoms with Gasteiger partial charge in [0, 0.05) is 24.1 Å². The largest absolute Gasteiger partial charge is 0.493 e. The summed E-state index contributed by atoms with van der Waals surface area (Å²) in [5.74, 6) is -0.581. The molecule has 8 heteroatoms. The number of para-hydroxylation sites is 2. The summed E-state index contributed by atoms with van der Waals surface area (Å²) in [5.41, 5.74) is 5.49. The zero-order valence-electron chi connectivity index (χ0n) is 25.3. The van der Waals surface area contributed by atoms with Crippen molar-refractivity contribution in [2.75, 3.05) is 24.4 Å². The zero-order chi connectivity index (χ0) is 30.9. The van der Waals surface area contributed by atoms with E-state index in [0.29, 0.717) is 40.4 Å². The van der Waals surface area contributed by atoms with Crippen LogP contribution in [0.4, 0.5) is 11.4 Å². The number of allylic oxidation sites excluding steroid dienone is 1. The highest BCUT2D eigenvalue weighted by Crippen LogP contribution is 2.48. The fourth-order valence-corrected chi connectivity index (χ4v) is 6.03. The summed E-state index contributed by atoms with van der Waals surface area (Å²) in [6.07, 6.45) is 0.320. The molecule has 3 aromatic carbocycles. The van der Waals surface area contributed by atoms with Crippen LogP contribution >= 0.6 is 0 Å². The van der Waals surface area contributed by atoms with E-state index in [9.17, 15) is 19.5 Å². The maximum atomic E-state index is 14.3. The summed E-state index contributed by atoms with van der Waals surface area (Å²) >= 11 is 0. The highest BCUT2D eigenvalue weighted by Gasteiger charge is 2.42. The van der Waals surface area contributed by atoms with Gasteiger partial charge in [-0.25, -0.2) is 0 Å². The van der Waals surface area contributed by atoms with Gasteiger partial charge in [0.2, 0.25) is 5.91 Å². The highest BCUT2D eigenvalue weighted by atomic mass is 16.5. The van der Waals surface area contributed by atoms with E-state index in [0.717, 1.165) is 11.3 Å². The lowest BCUT2D eigenvalue weighted by molar-refractivity contribution is -0.138. The number of nitrogens with zero attached hydrogens (tertiary/aromatic N) is 1. The Balaban J connectivity index is 1.67. The van der Waals surface area contributed by atoms with Gasteiger partial charge in [0.25, 0.3) is 0 Å². The van der Waals surface area contributed by atoms with Crippen molar-refractivity contribution in [3.8, 4) is 11.5 Å². The SMILES string of the molecule is COc1ccc([C@@H]2C3=C(C[C@H](c4ccc(C(C)(C)C)cc4)CC3=O)Nc3ccccc3N2C(=O)CCC(=O)O)cc1OC. The van der Waals surface area contributed by atoms with Gasteiger partial charge >= 0.3 is 5.97 Å². The Morgan fingerprint density at radius 1 is 0.907 bits per heavy atom. The molecule has 1 aliphatic carbocycles. The molecule has 224 valence electrons. The number of carbonyl (C=O) groups is 3. The summed E-state index contributed by atoms with van der Waals surface area (Å²) in [5, 5.41) is 12.9. The molecule has 1 amide bonds. The van der Waals surface area contributed by atoms with Gasteiger partial charge in [-0.2, -0.15) is 0 Å². The third kappa shape index (κ3) is 6.00. The normalized spacial score (nSPS) is 18.3. The number of ether oxygens (including phenoxy) is 2. The fourth-order valence-electron chi connectivity index (χ4n) is 6.03. The van der Waals surface area contributed by atoms with Crippen LogP contribution in [-0.4, -0.2) is 37.0 Å². The number of carboxylic acids is 1. The highest BCUT2D eigenvalue weighted by molar-refractivity contribution is 6.06. The number of methoxy groups -OCH3 is 2. The van der Waals surface area contributed by atoms with E-state index >= 15 is 0 Å². The molecule has 3 aromatic rings. The van der Waals surface area contributed by atoms with Crippen LogP contribution in [0.15, 0.2) is 78.0 Å². The molecule has 0 saturated heterocycles. The minimum absolute atomic E-state index is 0.0203. The molecular formula is C35H38N2O6. The third-order valence-electron chi connectivity index (χ3n) is 8.28. The topological polar surface area (TPSA) is 105 Å². The Morgan fingerprint density at radius 3 is 2.23 bits per heavy atom. The van der Waals surface area contributed by atoms with Gasteiger partial charge < -0.3 is 19.9 Å². The van der Waals surface area contributed by atoms with E-state index in [1.807, 2.05) is 30.3 Å². The van der Waals surface area contributed by atoms with Gasteiger partial charge in [0.05, 0.1) is 38.1 Å². The molecule has 2 atom stereocenters. The number of fused-ring (bicyclic) bond motifs is 1. The van der Waals surface area contributed by atoms with Crippen molar-refractivity contribution in [3.05, 3.63) is 94.7 Å². The van der Waals surface area contributed by atoms with E-state index in [1.165, 1.54) is 12.7 Å². The van der Waals surface area contributed by atoms with Crippen molar-refractivity contribution in [2.24, 2.45) is 0 Å². The Kier molecular flexibility index (Phi) is 8.31. The van der Waals surface area contributed by atoms with E-state index in [4.69, 9.17) is 9.47 Å². The summed E-state index contributed by atoms with van der Waals surface area (Å²) in [6, 6.07) is 20.5. The quantitative estimate of drug-likeness (QED) is 0.317. The van der Waals surface area contributed by atoms with Gasteiger partial charge in [-0.15, -0.1) is 0 Å². The molecular weight excluding hydrogens is 544 g/mol. The Bertz CT molecular complexity index is 1580. The van der Waals surface area contributed by atoms with Gasteiger partial charge in [0.15, 0.2) is 17.3 Å². The number of carbonyl (C=O) groups excluding carboxylic acids is 2. The lowest BCUT2D eigenvalue weighted by Crippen LogP contribution is -2.38. The first-order chi connectivity index (χ1) is 20.5. The number of nitrogens with one attached hydrogen (secondary N) is 1. The first kappa shape index (κ1) is 29.9. The van der Waals surface area contributed by atoms with Crippen LogP contribution in [0.5, 0.6) is 11.5 Å². The fraction of sp³-hybridized carbons (Fsp3) is 0.343. The van der Waals surface area contributed by atoms with E-state index in [2.05, 4.69) is 50.4 Å². The molecule has 43 heavy (non-hydrogen) atoms. The number of anilines is 2. The Labute approximate surface area is 252 Å². The first-order valence-electron chi connectivity index (χ1n) is 14.5. The number of hydrogen-bond acceptors (Lipinski definition) is 6. The average molecular weight is 583 g/mol. The Morgan fingerprint density at radius 2 is 1.58 bits per heavy atom. The standard InChI is InChI=1S/C35H38N2O6/c1-35(2,3)24-13-10-21(11-14-24)23-18-26-33(28(38)19-23)34(22-12-15-29(42-4)30(20-22)43-5)37(31(39)16-17-32(40)41)27-9-7-6-8-25(27)36-26/h6-15,20,23,34,36H,16-19H2,1-5H3,(H,40,41)/t23-,34+/m0/s1. The maximum absolute atomic E-state index is 14.3. The number of aliphatic carboxylic acids is 1. The molecule has 0 bridgehead atoms. The molecule has 0 saturated carbocycles. The maximum Gasteiger partial charge on any atom is 0.303 e. The number of Topliss-reactive ketones (excluding diaryl/α,β-unsaturated/α-hetero) is 1. The summed E-state index contributed by atoms with van der Waals surface area (Å²) in [4.78, 5) is 41.2. The average Bonchev–Trinajstić information content (AvgIpc) is 3.13. The summed E-state index contributed by atoms with van der Waals surface area (Å²) in [6.45, 7) is 6.52. The Hall–Kier alpha value is -4.59. The van der Waals surface area contributed by atoms with E-state index in [1.54, 1.807) is 24.1 Å². The number of rotatable bonds is 7. The number of carboxylic acid groups (broad SMARTS) is 1. The van der Waals surface area contributed by atoms with Crippen LogP contribution in [-0.2, 0) is 19.8 Å². The molecule has 0 aromatic heterocycles. The van der Waals surface area contributed by atoms with Crippen LogP contribution in [0.3, 0.4) is 0 Å². The molecule has 5 rings (SSSR count). The number of amides is 1. The zero-order valence-corrected chi connectivity index (χ0v) is 25.3. The van der Waals surface area contributed by atoms with E-state index in [-0.39, 0.29) is 36.4 Å². The predicted octanol–water partition coefficient (Wildman–Crippen LogP) is 6.77. The molecule has 2 N–H and O–H groups in total. The second kappa shape index (κ2) is 12.0. The predicted molar refractivity (Wildman–Crippen MR) is 166 cm³/mol. The molecule has 2 aliphatic rings. The first-order valence-corrected chi connectivity index (χ1v) is 14.5. The minimum Gasteiger partial charge on any atom is -0.493 e. The summed E-state index contributed by atoms with van der Waals surface area (Å²) < 4.78 is 11.0. The molecule has 8 nitrogen and oxygen atoms in total. The lowest BCUT2D eigenvalue weighted by Gasteiger charge is -2.35. The second-order valence-corrected chi connectivity index (χ2v) is 12.1. The minimum atomic E-state index is -1.06. The second-order valence-electron chi connectivity index (χ2n) is 12.1. The van der Waals surface area contributed by atoms with Crippen molar-refractivity contribution in [1.29, 1.82) is 0 Å².